The van der Waals surface area contributed by atoms with E-state index < -0.39 is 0 Å². The van der Waals surface area contributed by atoms with Crippen LogP contribution in [0.3, 0.4) is 0 Å². The average molecular weight is 523 g/mol. The second kappa shape index (κ2) is 11.3. The molecule has 0 heterocycles. The Morgan fingerprint density at radius 1 is 1.03 bits per heavy atom. The first-order valence-electron chi connectivity index (χ1n) is 9.63. The third-order valence-corrected chi connectivity index (χ3v) is 5.67. The molecule has 0 fully saturated rings. The van der Waals surface area contributed by atoms with E-state index in [1.54, 1.807) is 24.3 Å². The van der Waals surface area contributed by atoms with E-state index in [2.05, 4.69) is 47.1 Å². The highest BCUT2D eigenvalue weighted by molar-refractivity contribution is 14.1. The van der Waals surface area contributed by atoms with Crippen molar-refractivity contribution >= 4 is 57.4 Å². The maximum atomic E-state index is 12.8. The van der Waals surface area contributed by atoms with Crippen molar-refractivity contribution in [2.24, 2.45) is 0 Å². The minimum Gasteiger partial charge on any atom is -0.339 e. The lowest BCUT2D eigenvalue weighted by Gasteiger charge is -2.21. The molecule has 5 nitrogen and oxygen atoms in total. The van der Waals surface area contributed by atoms with Crippen molar-refractivity contribution in [3.63, 3.8) is 0 Å². The average Bonchev–Trinajstić information content (AvgIpc) is 2.69. The number of nitrogens with zero attached hydrogens (tertiary/aromatic N) is 1. The fourth-order valence-electron chi connectivity index (χ4n) is 2.84. The van der Waals surface area contributed by atoms with Gasteiger partial charge in [0.1, 0.15) is 0 Å². The fourth-order valence-corrected chi connectivity index (χ4v) is 3.56. The maximum absolute atomic E-state index is 12.8. The number of hydrogen-bond acceptors (Lipinski definition) is 3. The third kappa shape index (κ3) is 6.78. The van der Waals surface area contributed by atoms with Gasteiger partial charge < -0.3 is 10.2 Å². The van der Waals surface area contributed by atoms with E-state index in [-0.39, 0.29) is 16.9 Å². The normalized spacial score (nSPS) is 10.3. The van der Waals surface area contributed by atoms with Crippen molar-refractivity contribution < 1.29 is 9.59 Å². The molecule has 0 aromatic heterocycles. The molecule has 0 atom stereocenters. The van der Waals surface area contributed by atoms with Crippen LogP contribution >= 0.6 is 34.8 Å². The van der Waals surface area contributed by atoms with Crippen LogP contribution in [0.4, 0.5) is 5.69 Å². The third-order valence-electron chi connectivity index (χ3n) is 4.30. The summed E-state index contributed by atoms with van der Waals surface area (Å²) in [6.45, 7) is 7.57. The van der Waals surface area contributed by atoms with Crippen molar-refractivity contribution in [3.05, 3.63) is 62.7 Å². The Kier molecular flexibility index (Phi) is 9.03. The number of carbonyl (C=O) groups excluding carboxylic acids is 2. The van der Waals surface area contributed by atoms with E-state index in [9.17, 15) is 9.59 Å². The number of nitrogens with one attached hydrogen (secondary N) is 2. The van der Waals surface area contributed by atoms with Gasteiger partial charge in [-0.25, -0.2) is 0 Å². The minimum absolute atomic E-state index is 0.00142. The predicted octanol–water partition coefficient (Wildman–Crippen LogP) is 4.99. The van der Waals surface area contributed by atoms with Crippen molar-refractivity contribution in [1.82, 2.24) is 10.2 Å². The van der Waals surface area contributed by atoms with Crippen LogP contribution in [-0.2, 0) is 0 Å². The molecule has 0 aliphatic rings. The predicted molar refractivity (Wildman–Crippen MR) is 131 cm³/mol. The van der Waals surface area contributed by atoms with Crippen LogP contribution in [0.25, 0.3) is 0 Å². The van der Waals surface area contributed by atoms with E-state index in [1.165, 1.54) is 0 Å². The van der Waals surface area contributed by atoms with Crippen molar-refractivity contribution in [1.29, 1.82) is 0 Å². The van der Waals surface area contributed by atoms with E-state index >= 15 is 0 Å². The number of aryl methyl sites for hydroxylation is 1. The summed E-state index contributed by atoms with van der Waals surface area (Å²) in [6, 6.07) is 12.7. The topological polar surface area (TPSA) is 61.4 Å². The summed E-state index contributed by atoms with van der Waals surface area (Å²) < 4.78 is 1.02. The highest BCUT2D eigenvalue weighted by Crippen LogP contribution is 2.15. The first-order valence-corrected chi connectivity index (χ1v) is 11.1. The standard InChI is InChI=1S/C22H26IN3O2S/c1-4-11-26(12-5-2)21(28)17-7-6-8-18(13-17)24-22(29)25-20(27)16-10-9-15(3)19(23)14-16/h6-10,13-14H,4-5,11-12H2,1-3H3,(H2,24,25,27,29). The number of halogens is 1. The summed E-state index contributed by atoms with van der Waals surface area (Å²) in [5.41, 5.74) is 2.92. The lowest BCUT2D eigenvalue weighted by atomic mass is 10.1. The van der Waals surface area contributed by atoms with Gasteiger partial charge in [-0.3, -0.25) is 14.9 Å². The van der Waals surface area contributed by atoms with Gasteiger partial charge >= 0.3 is 0 Å². The molecule has 2 aromatic rings. The smallest absolute Gasteiger partial charge is 0.257 e. The Labute approximate surface area is 191 Å². The molecule has 0 saturated carbocycles. The van der Waals surface area contributed by atoms with E-state index in [1.807, 2.05) is 30.0 Å². The van der Waals surface area contributed by atoms with Crippen molar-refractivity contribution in [2.45, 2.75) is 33.6 Å². The SMILES string of the molecule is CCCN(CCC)C(=O)c1cccc(NC(=S)NC(=O)c2ccc(C)c(I)c2)c1. The minimum atomic E-state index is -0.273. The Bertz CT molecular complexity index is 895. The first kappa shape index (κ1) is 23.3. The van der Waals surface area contributed by atoms with Crippen molar-refractivity contribution in [2.75, 3.05) is 18.4 Å². The number of anilines is 1. The number of benzene rings is 2. The second-order valence-corrected chi connectivity index (χ2v) is 8.32. The molecule has 0 saturated heterocycles. The fraction of sp³-hybridized carbons (Fsp3) is 0.318. The number of amides is 2. The number of rotatable bonds is 7. The number of thiocarbonyl (C=S) groups is 1. The summed E-state index contributed by atoms with van der Waals surface area (Å²) >= 11 is 7.47. The number of hydrogen-bond donors (Lipinski definition) is 2. The molecule has 2 amide bonds. The van der Waals surface area contributed by atoms with Gasteiger partial charge in [0.15, 0.2) is 5.11 Å². The molecule has 2 aromatic carbocycles. The van der Waals surface area contributed by atoms with Crippen LogP contribution in [0.2, 0.25) is 0 Å². The molecular weight excluding hydrogens is 497 g/mol. The van der Waals surface area contributed by atoms with Crippen molar-refractivity contribution in [3.8, 4) is 0 Å². The van der Waals surface area contributed by atoms with E-state index in [4.69, 9.17) is 12.2 Å². The summed E-state index contributed by atoms with van der Waals surface area (Å²) in [4.78, 5) is 27.1. The quantitative estimate of drug-likeness (QED) is 0.397. The highest BCUT2D eigenvalue weighted by Gasteiger charge is 2.15. The molecule has 0 bridgehead atoms. The van der Waals surface area contributed by atoms with Gasteiger partial charge in [-0.1, -0.05) is 26.0 Å². The second-order valence-electron chi connectivity index (χ2n) is 6.75. The van der Waals surface area contributed by atoms with E-state index in [0.717, 1.165) is 35.1 Å². The van der Waals surface area contributed by atoms with Gasteiger partial charge in [-0.15, -0.1) is 0 Å². The molecule has 154 valence electrons. The molecular formula is C22H26IN3O2S. The number of carbonyl (C=O) groups is 2. The zero-order valence-corrected chi connectivity index (χ0v) is 19.9. The molecule has 29 heavy (non-hydrogen) atoms. The summed E-state index contributed by atoms with van der Waals surface area (Å²) in [7, 11) is 0. The van der Waals surface area contributed by atoms with Crippen LogP contribution in [-0.4, -0.2) is 34.9 Å². The molecule has 0 unspecified atom stereocenters. The van der Waals surface area contributed by atoms with Crippen LogP contribution in [0.15, 0.2) is 42.5 Å². The molecule has 7 heteroatoms. The Morgan fingerprint density at radius 3 is 2.34 bits per heavy atom. The zero-order valence-electron chi connectivity index (χ0n) is 16.9. The molecule has 2 N–H and O–H groups in total. The van der Waals surface area contributed by atoms with Crippen LogP contribution < -0.4 is 10.6 Å². The zero-order chi connectivity index (χ0) is 21.4. The van der Waals surface area contributed by atoms with Gasteiger partial charge in [0.25, 0.3) is 11.8 Å². The van der Waals surface area contributed by atoms with Gasteiger partial charge in [-0.2, -0.15) is 0 Å². The Morgan fingerprint density at radius 2 is 1.72 bits per heavy atom. The largest absolute Gasteiger partial charge is 0.339 e. The van der Waals surface area contributed by atoms with Crippen LogP contribution in [0, 0.1) is 10.5 Å². The first-order chi connectivity index (χ1) is 13.8. The van der Waals surface area contributed by atoms with Gasteiger partial charge in [0.05, 0.1) is 0 Å². The molecule has 0 aliphatic carbocycles. The lowest BCUT2D eigenvalue weighted by Crippen LogP contribution is -2.34. The maximum Gasteiger partial charge on any atom is 0.257 e. The lowest BCUT2D eigenvalue weighted by molar-refractivity contribution is 0.0755. The monoisotopic (exact) mass is 523 g/mol. The molecule has 0 radical (unpaired) electrons. The Balaban J connectivity index is 2.05. The Hall–Kier alpha value is -2.00. The molecule has 0 spiro atoms. The van der Waals surface area contributed by atoms with Gasteiger partial charge in [-0.05, 0) is 90.5 Å². The van der Waals surface area contributed by atoms with Crippen LogP contribution in [0.5, 0.6) is 0 Å². The molecule has 2 rings (SSSR count). The van der Waals surface area contributed by atoms with Gasteiger partial charge in [0.2, 0.25) is 0 Å². The summed E-state index contributed by atoms with van der Waals surface area (Å²) in [5.74, 6) is -0.272. The van der Waals surface area contributed by atoms with Crippen LogP contribution in [0.1, 0.15) is 53.0 Å². The summed E-state index contributed by atoms with van der Waals surface area (Å²) in [5, 5.41) is 5.87. The van der Waals surface area contributed by atoms with Gasteiger partial charge in [0, 0.05) is 33.5 Å². The molecule has 0 aliphatic heterocycles. The summed E-state index contributed by atoms with van der Waals surface area (Å²) in [6.07, 6.45) is 1.83. The highest BCUT2D eigenvalue weighted by atomic mass is 127. The van der Waals surface area contributed by atoms with E-state index in [0.29, 0.717) is 16.8 Å².